The van der Waals surface area contributed by atoms with Gasteiger partial charge in [-0.25, -0.2) is 15.0 Å². The van der Waals surface area contributed by atoms with Crippen LogP contribution in [0.2, 0.25) is 0 Å². The van der Waals surface area contributed by atoms with Crippen molar-refractivity contribution in [2.45, 2.75) is 39.5 Å². The Morgan fingerprint density at radius 3 is 2.38 bits per heavy atom. The number of oxazole rings is 1. The van der Waals surface area contributed by atoms with Crippen molar-refractivity contribution in [1.29, 1.82) is 0 Å². The quantitative estimate of drug-likeness (QED) is 0.336. The maximum absolute atomic E-state index is 12.9. The Labute approximate surface area is 218 Å². The molecule has 2 aromatic heterocycles. The van der Waals surface area contributed by atoms with E-state index >= 15 is 0 Å². The first-order valence-corrected chi connectivity index (χ1v) is 12.9. The number of hydrogen-bond donors (Lipinski definition) is 0. The van der Waals surface area contributed by atoms with Crippen LogP contribution in [-0.4, -0.2) is 51.9 Å². The van der Waals surface area contributed by atoms with Gasteiger partial charge in [-0.2, -0.15) is 0 Å². The Kier molecular flexibility index (Phi) is 7.30. The summed E-state index contributed by atoms with van der Waals surface area (Å²) >= 11 is 0. The number of carbonyl (C=O) groups excluding carboxylic acids is 1. The van der Waals surface area contributed by atoms with Crippen molar-refractivity contribution in [3.8, 4) is 22.6 Å². The van der Waals surface area contributed by atoms with E-state index in [0.29, 0.717) is 37.7 Å². The van der Waals surface area contributed by atoms with Crippen molar-refractivity contribution < 1.29 is 9.21 Å². The number of nitrogens with zero attached hydrogens (tertiary/aromatic N) is 5. The molecule has 1 aliphatic heterocycles. The average Bonchev–Trinajstić information content (AvgIpc) is 3.41. The molecule has 0 radical (unpaired) electrons. The van der Waals surface area contributed by atoms with Crippen LogP contribution in [0.5, 0.6) is 0 Å². The first-order chi connectivity index (χ1) is 18.0. The standard InChI is InChI=1S/C30H33N5O2/c1-21(2)23-9-11-25(12-10-23)27-20-31-29(37-27)13-14-30(36)35-17-15-34(16-18-35)28-19-26(32-22(3)33-28)24-7-5-4-6-8-24/h4-12,19-21H,13-18H2,1-3H3. The fourth-order valence-corrected chi connectivity index (χ4v) is 4.62. The molecule has 190 valence electrons. The van der Waals surface area contributed by atoms with Gasteiger partial charge in [-0.05, 0) is 18.4 Å². The summed E-state index contributed by atoms with van der Waals surface area (Å²) < 4.78 is 5.94. The molecule has 1 aliphatic rings. The van der Waals surface area contributed by atoms with Gasteiger partial charge in [-0.1, -0.05) is 68.4 Å². The van der Waals surface area contributed by atoms with Crippen molar-refractivity contribution in [3.05, 3.63) is 84.1 Å². The molecule has 37 heavy (non-hydrogen) atoms. The fourth-order valence-electron chi connectivity index (χ4n) is 4.62. The Morgan fingerprint density at radius 1 is 0.946 bits per heavy atom. The highest BCUT2D eigenvalue weighted by Gasteiger charge is 2.23. The molecule has 7 heteroatoms. The summed E-state index contributed by atoms with van der Waals surface area (Å²) in [6.07, 6.45) is 2.63. The number of hydrogen-bond acceptors (Lipinski definition) is 6. The minimum atomic E-state index is 0.129. The Hall–Kier alpha value is -4.00. The second-order valence-corrected chi connectivity index (χ2v) is 9.79. The van der Waals surface area contributed by atoms with Gasteiger partial charge in [0.15, 0.2) is 11.7 Å². The average molecular weight is 496 g/mol. The van der Waals surface area contributed by atoms with Crippen LogP contribution < -0.4 is 4.90 Å². The zero-order valence-electron chi connectivity index (χ0n) is 21.7. The van der Waals surface area contributed by atoms with Gasteiger partial charge in [-0.15, -0.1) is 0 Å². The Balaban J connectivity index is 1.14. The van der Waals surface area contributed by atoms with E-state index in [1.54, 1.807) is 6.20 Å². The molecule has 3 heterocycles. The van der Waals surface area contributed by atoms with Crippen LogP contribution in [0.4, 0.5) is 5.82 Å². The molecular formula is C30H33N5O2. The number of carbonyl (C=O) groups is 1. The van der Waals surface area contributed by atoms with Crippen molar-refractivity contribution in [3.63, 3.8) is 0 Å². The van der Waals surface area contributed by atoms with E-state index in [-0.39, 0.29) is 5.91 Å². The van der Waals surface area contributed by atoms with Crippen LogP contribution in [0.3, 0.4) is 0 Å². The van der Waals surface area contributed by atoms with E-state index < -0.39 is 0 Å². The van der Waals surface area contributed by atoms with Crippen molar-refractivity contribution in [2.75, 3.05) is 31.1 Å². The molecule has 5 rings (SSSR count). The molecule has 1 amide bonds. The van der Waals surface area contributed by atoms with Crippen LogP contribution in [0.1, 0.15) is 43.5 Å². The first-order valence-electron chi connectivity index (χ1n) is 12.9. The van der Waals surface area contributed by atoms with E-state index in [1.807, 2.05) is 36.1 Å². The molecule has 0 bridgehead atoms. The largest absolute Gasteiger partial charge is 0.441 e. The third-order valence-corrected chi connectivity index (χ3v) is 6.82. The first kappa shape index (κ1) is 24.7. The highest BCUT2D eigenvalue weighted by Crippen LogP contribution is 2.25. The highest BCUT2D eigenvalue weighted by atomic mass is 16.4. The van der Waals surface area contributed by atoms with Crippen LogP contribution in [0, 0.1) is 6.92 Å². The van der Waals surface area contributed by atoms with Gasteiger partial charge in [0, 0.05) is 56.2 Å². The van der Waals surface area contributed by atoms with Gasteiger partial charge in [0.1, 0.15) is 11.6 Å². The summed E-state index contributed by atoms with van der Waals surface area (Å²) in [6, 6.07) is 20.5. The molecule has 0 aliphatic carbocycles. The molecule has 1 fully saturated rings. The lowest BCUT2D eigenvalue weighted by Crippen LogP contribution is -2.49. The lowest BCUT2D eigenvalue weighted by molar-refractivity contribution is -0.131. The molecule has 0 atom stereocenters. The van der Waals surface area contributed by atoms with E-state index in [1.165, 1.54) is 5.56 Å². The van der Waals surface area contributed by atoms with E-state index in [4.69, 9.17) is 4.42 Å². The predicted molar refractivity (Wildman–Crippen MR) is 145 cm³/mol. The van der Waals surface area contributed by atoms with Crippen LogP contribution in [0.15, 0.2) is 71.3 Å². The highest BCUT2D eigenvalue weighted by molar-refractivity contribution is 5.76. The summed E-state index contributed by atoms with van der Waals surface area (Å²) in [4.78, 5) is 30.7. The maximum atomic E-state index is 12.9. The summed E-state index contributed by atoms with van der Waals surface area (Å²) in [7, 11) is 0. The molecule has 7 nitrogen and oxygen atoms in total. The van der Waals surface area contributed by atoms with Gasteiger partial charge in [0.2, 0.25) is 5.91 Å². The van der Waals surface area contributed by atoms with Crippen LogP contribution >= 0.6 is 0 Å². The van der Waals surface area contributed by atoms with Gasteiger partial charge in [0.05, 0.1) is 11.9 Å². The number of benzene rings is 2. The zero-order chi connectivity index (χ0) is 25.8. The summed E-state index contributed by atoms with van der Waals surface area (Å²) in [5.41, 5.74) is 4.29. The molecule has 0 unspecified atom stereocenters. The van der Waals surface area contributed by atoms with Gasteiger partial charge in [-0.3, -0.25) is 4.79 Å². The van der Waals surface area contributed by atoms with E-state index in [9.17, 15) is 4.79 Å². The molecule has 0 spiro atoms. The number of aryl methyl sites for hydroxylation is 2. The Bertz CT molecular complexity index is 1340. The number of piperazine rings is 1. The lowest BCUT2D eigenvalue weighted by atomic mass is 10.0. The zero-order valence-corrected chi connectivity index (χ0v) is 21.7. The van der Waals surface area contributed by atoms with Crippen molar-refractivity contribution in [1.82, 2.24) is 19.9 Å². The minimum absolute atomic E-state index is 0.129. The third-order valence-electron chi connectivity index (χ3n) is 6.82. The summed E-state index contributed by atoms with van der Waals surface area (Å²) in [5.74, 6) is 3.61. The summed E-state index contributed by atoms with van der Waals surface area (Å²) in [6.45, 7) is 9.10. The third kappa shape index (κ3) is 5.88. The van der Waals surface area contributed by atoms with Crippen molar-refractivity contribution >= 4 is 11.7 Å². The fraction of sp³-hybridized carbons (Fsp3) is 0.333. The second-order valence-electron chi connectivity index (χ2n) is 9.79. The van der Waals surface area contributed by atoms with E-state index in [2.05, 4.69) is 70.1 Å². The SMILES string of the molecule is Cc1nc(-c2ccccc2)cc(N2CCN(C(=O)CCc3ncc(-c4ccc(C(C)C)cc4)o3)CC2)n1. The van der Waals surface area contributed by atoms with Gasteiger partial charge < -0.3 is 14.2 Å². The van der Waals surface area contributed by atoms with E-state index in [0.717, 1.165) is 47.3 Å². The number of amides is 1. The lowest BCUT2D eigenvalue weighted by Gasteiger charge is -2.35. The van der Waals surface area contributed by atoms with Gasteiger partial charge in [0.25, 0.3) is 0 Å². The minimum Gasteiger partial charge on any atom is -0.441 e. The molecule has 2 aromatic carbocycles. The monoisotopic (exact) mass is 495 g/mol. The summed E-state index contributed by atoms with van der Waals surface area (Å²) in [5, 5.41) is 0. The molecular weight excluding hydrogens is 462 g/mol. The molecule has 0 N–H and O–H groups in total. The number of anilines is 1. The number of aromatic nitrogens is 3. The second kappa shape index (κ2) is 10.9. The maximum Gasteiger partial charge on any atom is 0.223 e. The van der Waals surface area contributed by atoms with Gasteiger partial charge >= 0.3 is 0 Å². The molecule has 0 saturated carbocycles. The molecule has 4 aromatic rings. The normalized spacial score (nSPS) is 13.8. The van der Waals surface area contributed by atoms with Crippen LogP contribution in [0.25, 0.3) is 22.6 Å². The predicted octanol–water partition coefficient (Wildman–Crippen LogP) is 5.51. The van der Waals surface area contributed by atoms with Crippen LogP contribution in [-0.2, 0) is 11.2 Å². The smallest absolute Gasteiger partial charge is 0.223 e. The topological polar surface area (TPSA) is 75.4 Å². The molecule has 1 saturated heterocycles. The number of rotatable bonds is 7. The Morgan fingerprint density at radius 2 is 1.68 bits per heavy atom. The van der Waals surface area contributed by atoms with Crippen molar-refractivity contribution in [2.24, 2.45) is 0 Å².